The van der Waals surface area contributed by atoms with Gasteiger partial charge in [-0.25, -0.2) is 0 Å². The minimum Gasteiger partial charge on any atom is -0.497 e. The van der Waals surface area contributed by atoms with Gasteiger partial charge < -0.3 is 10.1 Å². The molecule has 17 heavy (non-hydrogen) atoms. The second-order valence-electron chi connectivity index (χ2n) is 4.52. The molecule has 0 radical (unpaired) electrons. The summed E-state index contributed by atoms with van der Waals surface area (Å²) in [5, 5.41) is 2.99. The summed E-state index contributed by atoms with van der Waals surface area (Å²) < 4.78 is 5.16. The molecule has 1 aromatic carbocycles. The Morgan fingerprint density at radius 2 is 2.29 bits per heavy atom. The van der Waals surface area contributed by atoms with Gasteiger partial charge in [-0.3, -0.25) is 4.79 Å². The highest BCUT2D eigenvalue weighted by Gasteiger charge is 2.24. The van der Waals surface area contributed by atoms with Crippen LogP contribution in [0.5, 0.6) is 5.75 Å². The van der Waals surface area contributed by atoms with Crippen LogP contribution in [-0.4, -0.2) is 19.6 Å². The zero-order chi connectivity index (χ0) is 12.1. The number of amides is 1. The topological polar surface area (TPSA) is 38.3 Å². The van der Waals surface area contributed by atoms with Crippen LogP contribution in [0.2, 0.25) is 0 Å². The third-order valence-electron chi connectivity index (χ3n) is 3.32. The number of hydrogen-bond donors (Lipinski definition) is 1. The van der Waals surface area contributed by atoms with E-state index in [4.69, 9.17) is 4.74 Å². The van der Waals surface area contributed by atoms with Crippen LogP contribution in [0.3, 0.4) is 0 Å². The molecule has 1 aliphatic rings. The van der Waals surface area contributed by atoms with Gasteiger partial charge in [-0.2, -0.15) is 0 Å². The van der Waals surface area contributed by atoms with Crippen LogP contribution in [0, 0.1) is 5.92 Å². The van der Waals surface area contributed by atoms with Gasteiger partial charge >= 0.3 is 0 Å². The number of benzene rings is 1. The molecular formula is C14H19NO2. The van der Waals surface area contributed by atoms with E-state index in [0.29, 0.717) is 6.54 Å². The van der Waals surface area contributed by atoms with E-state index >= 15 is 0 Å². The zero-order valence-electron chi connectivity index (χ0n) is 10.2. The third kappa shape index (κ3) is 3.22. The largest absolute Gasteiger partial charge is 0.497 e. The molecule has 92 valence electrons. The molecule has 0 atom stereocenters. The van der Waals surface area contributed by atoms with E-state index in [0.717, 1.165) is 25.0 Å². The number of methoxy groups -OCH3 is 1. The normalized spacial score (nSPS) is 15.1. The molecule has 0 heterocycles. The maximum absolute atomic E-state index is 11.6. The van der Waals surface area contributed by atoms with Crippen molar-refractivity contribution >= 4 is 5.91 Å². The summed E-state index contributed by atoms with van der Waals surface area (Å²) in [7, 11) is 1.66. The quantitative estimate of drug-likeness (QED) is 0.846. The number of hydrogen-bond acceptors (Lipinski definition) is 2. The van der Waals surface area contributed by atoms with Crippen LogP contribution in [-0.2, 0) is 11.2 Å². The van der Waals surface area contributed by atoms with Crippen molar-refractivity contribution in [3.63, 3.8) is 0 Å². The lowest BCUT2D eigenvalue weighted by atomic mass is 9.85. The van der Waals surface area contributed by atoms with Crippen molar-refractivity contribution in [2.45, 2.75) is 25.7 Å². The van der Waals surface area contributed by atoms with Crippen molar-refractivity contribution in [1.82, 2.24) is 5.32 Å². The van der Waals surface area contributed by atoms with E-state index in [1.54, 1.807) is 7.11 Å². The van der Waals surface area contributed by atoms with Crippen molar-refractivity contribution < 1.29 is 9.53 Å². The molecule has 1 fully saturated rings. The summed E-state index contributed by atoms with van der Waals surface area (Å²) in [4.78, 5) is 11.6. The van der Waals surface area contributed by atoms with Gasteiger partial charge in [-0.1, -0.05) is 18.6 Å². The fraction of sp³-hybridized carbons (Fsp3) is 0.500. The Bertz CT molecular complexity index is 386. The Morgan fingerprint density at radius 1 is 1.47 bits per heavy atom. The zero-order valence-corrected chi connectivity index (χ0v) is 10.2. The monoisotopic (exact) mass is 233 g/mol. The Morgan fingerprint density at radius 3 is 2.94 bits per heavy atom. The summed E-state index contributed by atoms with van der Waals surface area (Å²) in [6, 6.07) is 7.96. The van der Waals surface area contributed by atoms with Gasteiger partial charge in [0.05, 0.1) is 7.11 Å². The van der Waals surface area contributed by atoms with Crippen LogP contribution in [0.4, 0.5) is 0 Å². The molecule has 3 nitrogen and oxygen atoms in total. The highest BCUT2D eigenvalue weighted by Crippen LogP contribution is 2.26. The van der Waals surface area contributed by atoms with E-state index in [1.165, 1.54) is 12.0 Å². The number of carbonyl (C=O) groups excluding carboxylic acids is 1. The molecule has 0 saturated heterocycles. The molecule has 0 aliphatic heterocycles. The van der Waals surface area contributed by atoms with Crippen LogP contribution in [0.1, 0.15) is 24.8 Å². The summed E-state index contributed by atoms with van der Waals surface area (Å²) >= 11 is 0. The molecule has 3 heteroatoms. The van der Waals surface area contributed by atoms with Crippen molar-refractivity contribution in [1.29, 1.82) is 0 Å². The molecular weight excluding hydrogens is 214 g/mol. The SMILES string of the molecule is COc1cccc(CCNC(=O)C2CCC2)c1. The summed E-state index contributed by atoms with van der Waals surface area (Å²) in [6.45, 7) is 0.711. The Kier molecular flexibility index (Phi) is 4.02. The van der Waals surface area contributed by atoms with E-state index in [2.05, 4.69) is 11.4 Å². The Labute approximate surface area is 102 Å². The van der Waals surface area contributed by atoms with Crippen molar-refractivity contribution in [3.05, 3.63) is 29.8 Å². The first-order valence-electron chi connectivity index (χ1n) is 6.20. The van der Waals surface area contributed by atoms with Gasteiger partial charge in [0.2, 0.25) is 5.91 Å². The van der Waals surface area contributed by atoms with Crippen LogP contribution in [0.25, 0.3) is 0 Å². The first-order valence-corrected chi connectivity index (χ1v) is 6.20. The first kappa shape index (κ1) is 12.0. The predicted molar refractivity (Wildman–Crippen MR) is 67.0 cm³/mol. The molecule has 1 amide bonds. The van der Waals surface area contributed by atoms with Gasteiger partial charge in [-0.15, -0.1) is 0 Å². The van der Waals surface area contributed by atoms with Crippen molar-refractivity contribution in [3.8, 4) is 5.75 Å². The molecule has 0 spiro atoms. The molecule has 0 aromatic heterocycles. The van der Waals surface area contributed by atoms with Crippen LogP contribution < -0.4 is 10.1 Å². The minimum atomic E-state index is 0.221. The van der Waals surface area contributed by atoms with Crippen molar-refractivity contribution in [2.24, 2.45) is 5.92 Å². The second-order valence-corrected chi connectivity index (χ2v) is 4.52. The smallest absolute Gasteiger partial charge is 0.223 e. The lowest BCUT2D eigenvalue weighted by Crippen LogP contribution is -2.35. The van der Waals surface area contributed by atoms with Gasteiger partial charge in [0.15, 0.2) is 0 Å². The molecule has 0 unspecified atom stereocenters. The number of nitrogens with one attached hydrogen (secondary N) is 1. The van der Waals surface area contributed by atoms with Crippen LogP contribution in [0.15, 0.2) is 24.3 Å². The number of ether oxygens (including phenoxy) is 1. The first-order chi connectivity index (χ1) is 8.29. The highest BCUT2D eigenvalue weighted by molar-refractivity contribution is 5.79. The molecule has 1 aromatic rings. The molecule has 0 bridgehead atoms. The lowest BCUT2D eigenvalue weighted by molar-refractivity contribution is -0.127. The fourth-order valence-corrected chi connectivity index (χ4v) is 1.97. The molecule has 2 rings (SSSR count). The number of carbonyl (C=O) groups is 1. The van der Waals surface area contributed by atoms with Gasteiger partial charge in [0, 0.05) is 12.5 Å². The Hall–Kier alpha value is -1.51. The predicted octanol–water partition coefficient (Wildman–Crippen LogP) is 2.15. The average molecular weight is 233 g/mol. The van der Waals surface area contributed by atoms with E-state index in [-0.39, 0.29) is 11.8 Å². The summed E-state index contributed by atoms with van der Waals surface area (Å²) in [6.07, 6.45) is 4.18. The molecule has 1 N–H and O–H groups in total. The van der Waals surface area contributed by atoms with Gasteiger partial charge in [0.25, 0.3) is 0 Å². The summed E-state index contributed by atoms with van der Waals surface area (Å²) in [5.74, 6) is 1.37. The van der Waals surface area contributed by atoms with E-state index in [1.807, 2.05) is 18.2 Å². The Balaban J connectivity index is 1.75. The standard InChI is InChI=1S/C14H19NO2/c1-17-13-7-2-4-11(10-13)8-9-15-14(16)12-5-3-6-12/h2,4,7,10,12H,3,5-6,8-9H2,1H3,(H,15,16). The second kappa shape index (κ2) is 5.71. The summed E-state index contributed by atoms with van der Waals surface area (Å²) in [5.41, 5.74) is 1.19. The van der Waals surface area contributed by atoms with Crippen molar-refractivity contribution in [2.75, 3.05) is 13.7 Å². The number of rotatable bonds is 5. The molecule has 1 aliphatic carbocycles. The van der Waals surface area contributed by atoms with E-state index in [9.17, 15) is 4.79 Å². The van der Waals surface area contributed by atoms with Gasteiger partial charge in [-0.05, 0) is 37.0 Å². The van der Waals surface area contributed by atoms with Crippen LogP contribution >= 0.6 is 0 Å². The average Bonchev–Trinajstić information content (AvgIpc) is 2.27. The van der Waals surface area contributed by atoms with E-state index < -0.39 is 0 Å². The fourth-order valence-electron chi connectivity index (χ4n) is 1.97. The molecule has 1 saturated carbocycles. The minimum absolute atomic E-state index is 0.221. The van der Waals surface area contributed by atoms with Gasteiger partial charge in [0.1, 0.15) is 5.75 Å². The maximum Gasteiger partial charge on any atom is 0.223 e. The maximum atomic E-state index is 11.6. The highest BCUT2D eigenvalue weighted by atomic mass is 16.5. The third-order valence-corrected chi connectivity index (χ3v) is 3.32. The lowest BCUT2D eigenvalue weighted by Gasteiger charge is -2.24.